The molecular weight excluding hydrogens is 352 g/mol. The second kappa shape index (κ2) is 7.25. The lowest BCUT2D eigenvalue weighted by Gasteiger charge is -2.19. The Morgan fingerprint density at radius 3 is 2.71 bits per heavy atom. The highest BCUT2D eigenvalue weighted by molar-refractivity contribution is 5.82. The predicted octanol–water partition coefficient (Wildman–Crippen LogP) is 3.11. The number of fused-ring (bicyclic) bond motifs is 1. The number of nitrogens with one attached hydrogen (secondary N) is 1. The molecule has 28 heavy (non-hydrogen) atoms. The van der Waals surface area contributed by atoms with Crippen LogP contribution in [0.2, 0.25) is 0 Å². The molecular formula is C20H16N8. The smallest absolute Gasteiger partial charge is 0.159 e. The van der Waals surface area contributed by atoms with Crippen molar-refractivity contribution in [2.45, 2.75) is 13.0 Å². The summed E-state index contributed by atoms with van der Waals surface area (Å²) in [5.74, 6) is 0.489. The Bertz CT molecular complexity index is 1180. The van der Waals surface area contributed by atoms with Crippen molar-refractivity contribution in [1.82, 2.24) is 24.9 Å². The lowest BCUT2D eigenvalue weighted by atomic mass is 10.0. The van der Waals surface area contributed by atoms with Crippen molar-refractivity contribution in [1.29, 1.82) is 5.26 Å². The maximum absolute atomic E-state index is 9.37. The van der Waals surface area contributed by atoms with Gasteiger partial charge in [0.25, 0.3) is 0 Å². The highest BCUT2D eigenvalue weighted by Crippen LogP contribution is 2.30. The summed E-state index contributed by atoms with van der Waals surface area (Å²) < 4.78 is 0. The number of nitrogens with two attached hydrogens (primary N) is 1. The first kappa shape index (κ1) is 17.3. The van der Waals surface area contributed by atoms with Gasteiger partial charge < -0.3 is 11.1 Å². The molecule has 0 radical (unpaired) electrons. The van der Waals surface area contributed by atoms with E-state index in [1.807, 2.05) is 49.4 Å². The van der Waals surface area contributed by atoms with E-state index < -0.39 is 0 Å². The van der Waals surface area contributed by atoms with Crippen molar-refractivity contribution < 1.29 is 0 Å². The fourth-order valence-electron chi connectivity index (χ4n) is 2.97. The number of hydrogen-bond donors (Lipinski definition) is 2. The SMILES string of the molecule is C[C@@H](Nc1ncnc(N)c1C#N)c1nc2ncccc2cc1-c1ccccn1. The van der Waals surface area contributed by atoms with Gasteiger partial charge in [0.05, 0.1) is 17.4 Å². The van der Waals surface area contributed by atoms with E-state index in [4.69, 9.17) is 10.7 Å². The Morgan fingerprint density at radius 2 is 1.93 bits per heavy atom. The Kier molecular flexibility index (Phi) is 4.48. The number of pyridine rings is 3. The number of nitrogens with zero attached hydrogens (tertiary/aromatic N) is 6. The number of nitrogen functional groups attached to an aromatic ring is 1. The Hall–Kier alpha value is -4.12. The number of aromatic nitrogens is 5. The molecule has 0 aromatic carbocycles. The summed E-state index contributed by atoms with van der Waals surface area (Å²) in [6.45, 7) is 1.93. The van der Waals surface area contributed by atoms with Gasteiger partial charge in [-0.2, -0.15) is 5.26 Å². The van der Waals surface area contributed by atoms with Crippen LogP contribution in [0.3, 0.4) is 0 Å². The molecule has 4 heterocycles. The average molecular weight is 368 g/mol. The van der Waals surface area contributed by atoms with Crippen LogP contribution in [0.5, 0.6) is 0 Å². The van der Waals surface area contributed by atoms with E-state index >= 15 is 0 Å². The van der Waals surface area contributed by atoms with Crippen molar-refractivity contribution in [3.8, 4) is 17.3 Å². The lowest BCUT2D eigenvalue weighted by Crippen LogP contribution is -2.14. The van der Waals surface area contributed by atoms with E-state index in [-0.39, 0.29) is 17.4 Å². The Balaban J connectivity index is 1.83. The van der Waals surface area contributed by atoms with E-state index in [2.05, 4.69) is 25.3 Å². The number of rotatable bonds is 4. The third-order valence-corrected chi connectivity index (χ3v) is 4.31. The van der Waals surface area contributed by atoms with Crippen LogP contribution in [0.1, 0.15) is 24.2 Å². The minimum atomic E-state index is -0.287. The fraction of sp³-hybridized carbons (Fsp3) is 0.100. The van der Waals surface area contributed by atoms with Gasteiger partial charge in [0.1, 0.15) is 29.6 Å². The van der Waals surface area contributed by atoms with Crippen molar-refractivity contribution in [2.24, 2.45) is 0 Å². The molecule has 0 unspecified atom stereocenters. The first-order valence-corrected chi connectivity index (χ1v) is 8.61. The zero-order chi connectivity index (χ0) is 19.5. The van der Waals surface area contributed by atoms with Crippen LogP contribution in [-0.2, 0) is 0 Å². The molecule has 0 saturated heterocycles. The summed E-state index contributed by atoms with van der Waals surface area (Å²) in [5, 5.41) is 13.5. The third-order valence-electron chi connectivity index (χ3n) is 4.31. The van der Waals surface area contributed by atoms with Crippen LogP contribution >= 0.6 is 0 Å². The zero-order valence-corrected chi connectivity index (χ0v) is 15.0. The molecule has 0 amide bonds. The first-order valence-electron chi connectivity index (χ1n) is 8.61. The lowest BCUT2D eigenvalue weighted by molar-refractivity contribution is 0.836. The molecule has 0 aliphatic heterocycles. The minimum Gasteiger partial charge on any atom is -0.382 e. The standard InChI is InChI=1S/C20H16N8/c1-12(27-20-15(10-21)18(22)25-11-26-20)17-14(16-6-2-3-7-23-16)9-13-5-4-8-24-19(13)28-17/h2-9,11-12H,1H3,(H3,22,25,26,27)/t12-/m1/s1. The molecule has 4 rings (SSSR count). The van der Waals surface area contributed by atoms with Gasteiger partial charge in [-0.25, -0.2) is 19.9 Å². The highest BCUT2D eigenvalue weighted by atomic mass is 15.1. The summed E-state index contributed by atoms with van der Waals surface area (Å²) >= 11 is 0. The normalized spacial score (nSPS) is 11.7. The fourth-order valence-corrected chi connectivity index (χ4v) is 2.97. The Morgan fingerprint density at radius 1 is 1.07 bits per heavy atom. The number of hydrogen-bond acceptors (Lipinski definition) is 8. The van der Waals surface area contributed by atoms with Crippen molar-refractivity contribution in [2.75, 3.05) is 11.1 Å². The predicted molar refractivity (Wildman–Crippen MR) is 106 cm³/mol. The minimum absolute atomic E-state index is 0.130. The summed E-state index contributed by atoms with van der Waals surface area (Å²) in [7, 11) is 0. The monoisotopic (exact) mass is 368 g/mol. The maximum Gasteiger partial charge on any atom is 0.159 e. The summed E-state index contributed by atoms with van der Waals surface area (Å²) in [6, 6.07) is 13.3. The van der Waals surface area contributed by atoms with Crippen LogP contribution in [-0.4, -0.2) is 24.9 Å². The van der Waals surface area contributed by atoms with Gasteiger partial charge in [-0.3, -0.25) is 4.98 Å². The molecule has 0 bridgehead atoms. The molecule has 0 saturated carbocycles. The number of anilines is 2. The van der Waals surface area contributed by atoms with E-state index in [9.17, 15) is 5.26 Å². The summed E-state index contributed by atoms with van der Waals surface area (Å²) in [6.07, 6.45) is 4.76. The summed E-state index contributed by atoms with van der Waals surface area (Å²) in [4.78, 5) is 21.6. The van der Waals surface area contributed by atoms with Crippen LogP contribution in [0.25, 0.3) is 22.3 Å². The molecule has 3 N–H and O–H groups in total. The van der Waals surface area contributed by atoms with E-state index in [0.29, 0.717) is 11.5 Å². The van der Waals surface area contributed by atoms with Crippen LogP contribution in [0, 0.1) is 11.3 Å². The zero-order valence-electron chi connectivity index (χ0n) is 15.0. The largest absolute Gasteiger partial charge is 0.382 e. The van der Waals surface area contributed by atoms with Crippen molar-refractivity contribution >= 4 is 22.7 Å². The molecule has 0 spiro atoms. The third kappa shape index (κ3) is 3.17. The molecule has 136 valence electrons. The van der Waals surface area contributed by atoms with Gasteiger partial charge in [-0.1, -0.05) is 6.07 Å². The van der Waals surface area contributed by atoms with Gasteiger partial charge in [0.2, 0.25) is 0 Å². The van der Waals surface area contributed by atoms with E-state index in [1.165, 1.54) is 6.33 Å². The molecule has 1 atom stereocenters. The topological polar surface area (TPSA) is 126 Å². The van der Waals surface area contributed by atoms with Gasteiger partial charge in [-0.15, -0.1) is 0 Å². The molecule has 4 aromatic heterocycles. The van der Waals surface area contributed by atoms with Crippen molar-refractivity contribution in [3.05, 3.63) is 66.4 Å². The maximum atomic E-state index is 9.37. The molecule has 0 aliphatic carbocycles. The highest BCUT2D eigenvalue weighted by Gasteiger charge is 2.19. The molecule has 8 nitrogen and oxygen atoms in total. The molecule has 0 fully saturated rings. The second-order valence-corrected chi connectivity index (χ2v) is 6.15. The average Bonchev–Trinajstić information content (AvgIpc) is 2.73. The second-order valence-electron chi connectivity index (χ2n) is 6.15. The number of nitriles is 1. The molecule has 4 aromatic rings. The van der Waals surface area contributed by atoms with Crippen LogP contribution in [0.4, 0.5) is 11.6 Å². The first-order chi connectivity index (χ1) is 13.7. The van der Waals surface area contributed by atoms with Crippen LogP contribution < -0.4 is 11.1 Å². The van der Waals surface area contributed by atoms with Gasteiger partial charge >= 0.3 is 0 Å². The van der Waals surface area contributed by atoms with Crippen LogP contribution in [0.15, 0.2) is 55.1 Å². The van der Waals surface area contributed by atoms with E-state index in [0.717, 1.165) is 22.3 Å². The quantitative estimate of drug-likeness (QED) is 0.562. The van der Waals surface area contributed by atoms with Gasteiger partial charge in [0.15, 0.2) is 5.65 Å². The Labute approximate surface area is 161 Å². The summed E-state index contributed by atoms with van der Waals surface area (Å²) in [5.41, 5.74) is 9.04. The molecule has 8 heteroatoms. The molecule has 0 aliphatic rings. The van der Waals surface area contributed by atoms with Gasteiger partial charge in [0, 0.05) is 23.3 Å². The van der Waals surface area contributed by atoms with E-state index in [1.54, 1.807) is 12.4 Å². The van der Waals surface area contributed by atoms with Crippen molar-refractivity contribution in [3.63, 3.8) is 0 Å². The van der Waals surface area contributed by atoms with Gasteiger partial charge in [-0.05, 0) is 37.3 Å².